The van der Waals surface area contributed by atoms with E-state index in [1.165, 1.54) is 13.5 Å². The first-order chi connectivity index (χ1) is 9.19. The zero-order valence-corrected chi connectivity index (χ0v) is 11.8. The lowest BCUT2D eigenvalue weighted by Crippen LogP contribution is -2.38. The quantitative estimate of drug-likeness (QED) is 0.620. The molecule has 1 spiro atoms. The molecular weight excluding hydrogens is 270 g/mol. The monoisotopic (exact) mass is 289 g/mol. The Bertz CT molecular complexity index is 359. The minimum atomic E-state index is -0.494. The summed E-state index contributed by atoms with van der Waals surface area (Å²) in [7, 11) is 1.41. The molecule has 3 aliphatic rings. The zero-order valence-electron chi connectivity index (χ0n) is 11.1. The largest absolute Gasteiger partial charge is 0.469 e. The third-order valence-corrected chi connectivity index (χ3v) is 4.87. The highest BCUT2D eigenvalue weighted by Crippen LogP contribution is 2.47. The molecule has 0 aromatic rings. The van der Waals surface area contributed by atoms with Gasteiger partial charge in [-0.3, -0.25) is 4.79 Å². The third kappa shape index (κ3) is 2.27. The van der Waals surface area contributed by atoms with Crippen molar-refractivity contribution in [2.45, 2.75) is 62.6 Å². The molecule has 108 valence electrons. The van der Waals surface area contributed by atoms with Crippen LogP contribution < -0.4 is 4.84 Å². The van der Waals surface area contributed by atoms with Gasteiger partial charge >= 0.3 is 5.97 Å². The fourth-order valence-electron chi connectivity index (χ4n) is 3.64. The topological polar surface area (TPSA) is 56.8 Å². The first kappa shape index (κ1) is 13.6. The molecule has 0 amide bonds. The van der Waals surface area contributed by atoms with E-state index in [2.05, 4.69) is 4.84 Å². The van der Waals surface area contributed by atoms with Crippen molar-refractivity contribution in [2.75, 3.05) is 7.11 Å². The summed E-state index contributed by atoms with van der Waals surface area (Å²) in [5, 5.41) is 0. The molecule has 2 aliphatic carbocycles. The Hall–Kier alpha value is -0.360. The van der Waals surface area contributed by atoms with Crippen LogP contribution in [0, 0.1) is 5.92 Å². The molecule has 2 unspecified atom stereocenters. The normalized spacial score (nSPS) is 40.3. The Morgan fingerprint density at radius 3 is 2.58 bits per heavy atom. The van der Waals surface area contributed by atoms with E-state index in [9.17, 15) is 4.79 Å². The van der Waals surface area contributed by atoms with Gasteiger partial charge in [0.1, 0.15) is 12.2 Å². The minimum Gasteiger partial charge on any atom is -0.469 e. The summed E-state index contributed by atoms with van der Waals surface area (Å²) in [5.41, 5.74) is 0. The second kappa shape index (κ2) is 5.20. The predicted octanol–water partition coefficient (Wildman–Crippen LogP) is 1.74. The molecule has 0 bridgehead atoms. The van der Waals surface area contributed by atoms with Crippen molar-refractivity contribution in [2.24, 2.45) is 5.92 Å². The van der Waals surface area contributed by atoms with Crippen LogP contribution in [0.25, 0.3) is 0 Å². The number of halogens is 1. The number of carbonyl (C=O) groups is 1. The maximum atomic E-state index is 11.9. The van der Waals surface area contributed by atoms with Gasteiger partial charge in [0.05, 0.1) is 19.1 Å². The van der Waals surface area contributed by atoms with E-state index in [1.807, 2.05) is 0 Å². The number of fused-ring (bicyclic) bond motifs is 1. The van der Waals surface area contributed by atoms with Crippen molar-refractivity contribution in [1.82, 2.24) is 4.84 Å². The summed E-state index contributed by atoms with van der Waals surface area (Å²) in [4.78, 5) is 14.6. The van der Waals surface area contributed by atoms with Gasteiger partial charge in [0.15, 0.2) is 5.79 Å². The highest BCUT2D eigenvalue weighted by molar-refractivity contribution is 6.13. The lowest BCUT2D eigenvalue weighted by atomic mass is 9.94. The fraction of sp³-hybridized carbons (Fsp3) is 0.923. The van der Waals surface area contributed by atoms with E-state index in [1.54, 1.807) is 0 Å². The van der Waals surface area contributed by atoms with Crippen LogP contribution in [0.4, 0.5) is 0 Å². The average molecular weight is 290 g/mol. The lowest BCUT2D eigenvalue weighted by Gasteiger charge is -2.33. The predicted molar refractivity (Wildman–Crippen MR) is 68.5 cm³/mol. The van der Waals surface area contributed by atoms with Crippen molar-refractivity contribution < 1.29 is 19.0 Å². The smallest absolute Gasteiger partial charge is 0.311 e. The Morgan fingerprint density at radius 1 is 1.26 bits per heavy atom. The van der Waals surface area contributed by atoms with Gasteiger partial charge < -0.3 is 14.2 Å². The van der Waals surface area contributed by atoms with Crippen LogP contribution in [0.2, 0.25) is 0 Å². The van der Waals surface area contributed by atoms with E-state index in [0.29, 0.717) is 6.42 Å². The highest BCUT2D eigenvalue weighted by Gasteiger charge is 2.59. The molecule has 4 atom stereocenters. The third-order valence-electron chi connectivity index (χ3n) is 4.59. The van der Waals surface area contributed by atoms with Crippen molar-refractivity contribution in [1.29, 1.82) is 0 Å². The summed E-state index contributed by atoms with van der Waals surface area (Å²) in [5.74, 6) is -1.01. The maximum Gasteiger partial charge on any atom is 0.311 e. The van der Waals surface area contributed by atoms with E-state index in [4.69, 9.17) is 26.0 Å². The van der Waals surface area contributed by atoms with Crippen molar-refractivity contribution >= 4 is 17.7 Å². The molecule has 3 rings (SSSR count). The van der Waals surface area contributed by atoms with E-state index in [-0.39, 0.29) is 30.1 Å². The fourth-order valence-corrected chi connectivity index (χ4v) is 3.85. The molecule has 1 saturated heterocycles. The standard InChI is InChI=1S/C13H20ClNO4/c1-17-12(16)8-7-9(15-14)11-10(8)18-13(19-11)5-3-2-4-6-13/h8-11,15H,2-7H2,1H3/t8-,9+,10?,11?/m0/s1. The van der Waals surface area contributed by atoms with Gasteiger partial charge in [-0.25, -0.2) is 4.84 Å². The summed E-state index contributed by atoms with van der Waals surface area (Å²) < 4.78 is 17.2. The van der Waals surface area contributed by atoms with Crippen LogP contribution in [0.5, 0.6) is 0 Å². The molecule has 0 aromatic carbocycles. The van der Waals surface area contributed by atoms with Gasteiger partial charge in [0.25, 0.3) is 0 Å². The molecule has 19 heavy (non-hydrogen) atoms. The summed E-state index contributed by atoms with van der Waals surface area (Å²) in [6, 6.07) is -0.0583. The van der Waals surface area contributed by atoms with E-state index in [0.717, 1.165) is 25.7 Å². The lowest BCUT2D eigenvalue weighted by molar-refractivity contribution is -0.205. The Morgan fingerprint density at radius 2 is 1.95 bits per heavy atom. The number of rotatable bonds is 2. The van der Waals surface area contributed by atoms with Gasteiger partial charge in [-0.05, 0) is 31.0 Å². The SMILES string of the molecule is COC(=O)[C@H]1C[C@@H](NCl)C2OC3(CCCCC3)OC21. The second-order valence-corrected chi connectivity index (χ2v) is 5.94. The van der Waals surface area contributed by atoms with Crippen LogP contribution in [-0.4, -0.2) is 37.1 Å². The summed E-state index contributed by atoms with van der Waals surface area (Å²) in [6.07, 6.45) is 5.47. The highest BCUT2D eigenvalue weighted by atomic mass is 35.5. The number of carbonyl (C=O) groups excluding carboxylic acids is 1. The maximum absolute atomic E-state index is 11.9. The Balaban J connectivity index is 1.79. The number of hydrogen-bond acceptors (Lipinski definition) is 5. The molecule has 2 saturated carbocycles. The van der Waals surface area contributed by atoms with Crippen LogP contribution in [0.1, 0.15) is 38.5 Å². The number of ether oxygens (including phenoxy) is 3. The van der Waals surface area contributed by atoms with Crippen molar-refractivity contribution in [3.63, 3.8) is 0 Å². The van der Waals surface area contributed by atoms with Gasteiger partial charge in [0, 0.05) is 12.8 Å². The molecule has 1 heterocycles. The molecule has 5 nitrogen and oxygen atoms in total. The van der Waals surface area contributed by atoms with Gasteiger partial charge in [0.2, 0.25) is 0 Å². The van der Waals surface area contributed by atoms with E-state index < -0.39 is 5.79 Å². The molecule has 6 heteroatoms. The number of hydrogen-bond donors (Lipinski definition) is 1. The molecular formula is C13H20ClNO4. The minimum absolute atomic E-state index is 0.0583. The Labute approximate surface area is 118 Å². The first-order valence-corrected chi connectivity index (χ1v) is 7.36. The number of methoxy groups -OCH3 is 1. The molecule has 0 radical (unpaired) electrons. The van der Waals surface area contributed by atoms with Gasteiger partial charge in [-0.2, -0.15) is 0 Å². The Kier molecular flexibility index (Phi) is 3.73. The first-order valence-electron chi connectivity index (χ1n) is 6.99. The van der Waals surface area contributed by atoms with Crippen LogP contribution in [-0.2, 0) is 19.0 Å². The van der Waals surface area contributed by atoms with E-state index >= 15 is 0 Å². The summed E-state index contributed by atoms with van der Waals surface area (Å²) >= 11 is 5.78. The second-order valence-electron chi connectivity index (χ2n) is 5.72. The van der Waals surface area contributed by atoms with Crippen molar-refractivity contribution in [3.8, 4) is 0 Å². The van der Waals surface area contributed by atoms with Crippen molar-refractivity contribution in [3.05, 3.63) is 0 Å². The van der Waals surface area contributed by atoms with Gasteiger partial charge in [-0.15, -0.1) is 0 Å². The molecule has 1 aliphatic heterocycles. The number of nitrogens with one attached hydrogen (secondary N) is 1. The molecule has 1 N–H and O–H groups in total. The van der Waals surface area contributed by atoms with Crippen LogP contribution in [0.15, 0.2) is 0 Å². The molecule has 3 fully saturated rings. The summed E-state index contributed by atoms with van der Waals surface area (Å²) in [6.45, 7) is 0. The molecule has 0 aromatic heterocycles. The van der Waals surface area contributed by atoms with Crippen LogP contribution >= 0.6 is 11.8 Å². The van der Waals surface area contributed by atoms with Gasteiger partial charge in [-0.1, -0.05) is 6.42 Å². The average Bonchev–Trinajstić information content (AvgIpc) is 2.94. The van der Waals surface area contributed by atoms with Crippen LogP contribution in [0.3, 0.4) is 0 Å². The number of esters is 1. The zero-order chi connectivity index (χ0) is 13.5.